The van der Waals surface area contributed by atoms with E-state index in [0.717, 1.165) is 50.5 Å². The van der Waals surface area contributed by atoms with E-state index in [1.54, 1.807) is 6.20 Å². The summed E-state index contributed by atoms with van der Waals surface area (Å²) in [6.45, 7) is 6.04. The molecule has 2 amide bonds. The summed E-state index contributed by atoms with van der Waals surface area (Å²) in [7, 11) is 0. The van der Waals surface area contributed by atoms with E-state index in [1.165, 1.54) is 0 Å². The molecule has 1 aromatic rings. The molecule has 0 saturated heterocycles. The summed E-state index contributed by atoms with van der Waals surface area (Å²) >= 11 is 0. The highest BCUT2D eigenvalue weighted by atomic mass is 16.6. The minimum atomic E-state index is -0.537. The van der Waals surface area contributed by atoms with Crippen molar-refractivity contribution in [2.45, 2.75) is 82.8 Å². The monoisotopic (exact) mass is 387 g/mol. The Morgan fingerprint density at radius 2 is 1.93 bits per heavy atom. The van der Waals surface area contributed by atoms with Crippen LogP contribution in [0.3, 0.4) is 0 Å². The Hall–Kier alpha value is -2.11. The van der Waals surface area contributed by atoms with Crippen molar-refractivity contribution in [1.82, 2.24) is 15.6 Å². The van der Waals surface area contributed by atoms with E-state index in [9.17, 15) is 9.59 Å². The maximum atomic E-state index is 12.7. The van der Waals surface area contributed by atoms with E-state index in [2.05, 4.69) is 15.6 Å². The molecule has 0 radical (unpaired) electrons. The fraction of sp³-hybridized carbons (Fsp3) is 0.682. The molecule has 1 aromatic heterocycles. The van der Waals surface area contributed by atoms with Gasteiger partial charge in [-0.2, -0.15) is 0 Å². The van der Waals surface area contributed by atoms with Crippen LogP contribution in [0.5, 0.6) is 0 Å². The van der Waals surface area contributed by atoms with Crippen LogP contribution in [0, 0.1) is 5.92 Å². The van der Waals surface area contributed by atoms with Crippen LogP contribution in [-0.2, 0) is 9.53 Å². The number of hydrogen-bond donors (Lipinski definition) is 2. The summed E-state index contributed by atoms with van der Waals surface area (Å²) in [5, 5.41) is 6.22. The van der Waals surface area contributed by atoms with Crippen LogP contribution in [-0.4, -0.2) is 34.7 Å². The number of alkyl carbamates (subject to hydrolysis) is 1. The lowest BCUT2D eigenvalue weighted by Crippen LogP contribution is -2.56. The Morgan fingerprint density at radius 1 is 1.21 bits per heavy atom. The van der Waals surface area contributed by atoms with Crippen molar-refractivity contribution >= 4 is 12.0 Å². The van der Waals surface area contributed by atoms with Gasteiger partial charge in [-0.25, -0.2) is 4.79 Å². The first-order valence-corrected chi connectivity index (χ1v) is 10.5. The third-order valence-electron chi connectivity index (χ3n) is 5.67. The summed E-state index contributed by atoms with van der Waals surface area (Å²) in [6, 6.07) is 3.94. The first-order valence-electron chi connectivity index (χ1n) is 10.5. The van der Waals surface area contributed by atoms with Crippen LogP contribution >= 0.6 is 0 Å². The van der Waals surface area contributed by atoms with Gasteiger partial charge in [-0.1, -0.05) is 31.7 Å². The number of rotatable bonds is 5. The Labute approximate surface area is 167 Å². The van der Waals surface area contributed by atoms with Gasteiger partial charge in [-0.15, -0.1) is 0 Å². The molecule has 0 bridgehead atoms. The molecule has 28 heavy (non-hydrogen) atoms. The second-order valence-corrected chi connectivity index (χ2v) is 9.27. The number of pyridine rings is 1. The highest BCUT2D eigenvalue weighted by Crippen LogP contribution is 2.47. The highest BCUT2D eigenvalue weighted by molar-refractivity contribution is 5.83. The minimum Gasteiger partial charge on any atom is -0.444 e. The summed E-state index contributed by atoms with van der Waals surface area (Å²) in [4.78, 5) is 29.3. The van der Waals surface area contributed by atoms with Crippen LogP contribution in [0.25, 0.3) is 0 Å². The number of aromatic nitrogens is 1. The second kappa shape index (κ2) is 8.50. The largest absolute Gasteiger partial charge is 0.444 e. The van der Waals surface area contributed by atoms with Crippen molar-refractivity contribution in [3.63, 3.8) is 0 Å². The van der Waals surface area contributed by atoms with Crippen molar-refractivity contribution < 1.29 is 14.3 Å². The van der Waals surface area contributed by atoms with E-state index >= 15 is 0 Å². The van der Waals surface area contributed by atoms with E-state index in [-0.39, 0.29) is 17.7 Å². The Kier molecular flexibility index (Phi) is 6.26. The molecule has 2 N–H and O–H groups in total. The average molecular weight is 388 g/mol. The van der Waals surface area contributed by atoms with Crippen molar-refractivity contribution in [1.29, 1.82) is 0 Å². The van der Waals surface area contributed by atoms with Crippen molar-refractivity contribution in [2.75, 3.05) is 6.54 Å². The van der Waals surface area contributed by atoms with E-state index in [4.69, 9.17) is 4.74 Å². The van der Waals surface area contributed by atoms with E-state index in [0.29, 0.717) is 6.54 Å². The number of hydrogen-bond acceptors (Lipinski definition) is 4. The average Bonchev–Trinajstić information content (AvgIpc) is 3.44. The summed E-state index contributed by atoms with van der Waals surface area (Å²) in [5.74, 6) is 0.342. The smallest absolute Gasteiger partial charge is 0.408 e. The predicted octanol–water partition coefficient (Wildman–Crippen LogP) is 3.92. The third-order valence-corrected chi connectivity index (χ3v) is 5.67. The van der Waals surface area contributed by atoms with Gasteiger partial charge in [0.1, 0.15) is 5.60 Å². The minimum absolute atomic E-state index is 0.00792. The molecule has 6 heteroatoms. The Balaban J connectivity index is 1.58. The molecule has 1 heterocycles. The van der Waals surface area contributed by atoms with Crippen molar-refractivity contribution in [3.8, 4) is 0 Å². The fourth-order valence-electron chi connectivity index (χ4n) is 4.11. The molecule has 3 rings (SSSR count). The van der Waals surface area contributed by atoms with Crippen LogP contribution in [0.4, 0.5) is 4.79 Å². The zero-order valence-corrected chi connectivity index (χ0v) is 17.3. The molecule has 0 aliphatic heterocycles. The molecule has 2 aliphatic rings. The lowest BCUT2D eigenvalue weighted by Gasteiger charge is -2.35. The predicted molar refractivity (Wildman–Crippen MR) is 108 cm³/mol. The zero-order valence-electron chi connectivity index (χ0n) is 17.3. The van der Waals surface area contributed by atoms with Gasteiger partial charge in [0.25, 0.3) is 0 Å². The zero-order chi connectivity index (χ0) is 20.2. The van der Waals surface area contributed by atoms with Gasteiger partial charge in [-0.05, 0) is 57.6 Å². The van der Waals surface area contributed by atoms with Gasteiger partial charge >= 0.3 is 6.09 Å². The van der Waals surface area contributed by atoms with Gasteiger partial charge in [0.2, 0.25) is 5.91 Å². The molecule has 2 saturated carbocycles. The van der Waals surface area contributed by atoms with Gasteiger partial charge in [-0.3, -0.25) is 9.78 Å². The van der Waals surface area contributed by atoms with Gasteiger partial charge in [0.15, 0.2) is 0 Å². The fourth-order valence-corrected chi connectivity index (χ4v) is 4.11. The SMILES string of the molecule is CC(C)(C)OC(=O)NC1(CNC(=O)[C@@H]2C[C@H]2c2cccnc2)CCCCCC1. The topological polar surface area (TPSA) is 80.3 Å². The number of nitrogens with zero attached hydrogens (tertiary/aromatic N) is 1. The number of nitrogens with one attached hydrogen (secondary N) is 2. The number of amides is 2. The number of carbonyl (C=O) groups excluding carboxylic acids is 2. The normalized spacial score (nSPS) is 24.0. The second-order valence-electron chi connectivity index (χ2n) is 9.27. The van der Waals surface area contributed by atoms with Gasteiger partial charge in [0.05, 0.1) is 5.54 Å². The summed E-state index contributed by atoms with van der Waals surface area (Å²) in [6.07, 6.45) is 10.2. The molecule has 2 fully saturated rings. The van der Waals surface area contributed by atoms with Crippen LogP contribution in [0.15, 0.2) is 24.5 Å². The molecule has 2 atom stereocenters. The maximum absolute atomic E-state index is 12.7. The Morgan fingerprint density at radius 3 is 2.54 bits per heavy atom. The lowest BCUT2D eigenvalue weighted by atomic mass is 9.90. The molecule has 154 valence electrons. The van der Waals surface area contributed by atoms with Gasteiger partial charge in [0, 0.05) is 24.9 Å². The van der Waals surface area contributed by atoms with Crippen LogP contribution in [0.1, 0.15) is 77.2 Å². The van der Waals surface area contributed by atoms with E-state index < -0.39 is 17.2 Å². The number of carbonyl (C=O) groups is 2. The van der Waals surface area contributed by atoms with Crippen LogP contribution < -0.4 is 10.6 Å². The van der Waals surface area contributed by atoms with Crippen molar-refractivity contribution in [3.05, 3.63) is 30.1 Å². The molecule has 0 spiro atoms. The Bertz CT molecular complexity index is 676. The molecular formula is C22H33N3O3. The standard InChI is InChI=1S/C22H33N3O3/c1-21(2,3)28-20(27)25-22(10-6-4-5-7-11-22)15-24-19(26)18-13-17(18)16-9-8-12-23-14-16/h8-9,12,14,17-18H,4-7,10-11,13,15H2,1-3H3,(H,24,26)(H,25,27)/t17-,18+/m0/s1. The first-order chi connectivity index (χ1) is 13.3. The lowest BCUT2D eigenvalue weighted by molar-refractivity contribution is -0.122. The summed E-state index contributed by atoms with van der Waals surface area (Å²) in [5.41, 5.74) is 0.163. The molecule has 0 unspecified atom stereocenters. The highest BCUT2D eigenvalue weighted by Gasteiger charge is 2.45. The maximum Gasteiger partial charge on any atom is 0.408 e. The summed E-state index contributed by atoms with van der Waals surface area (Å²) < 4.78 is 5.48. The third kappa shape index (κ3) is 5.69. The first kappa shape index (κ1) is 20.6. The molecular weight excluding hydrogens is 354 g/mol. The molecule has 6 nitrogen and oxygen atoms in total. The quantitative estimate of drug-likeness (QED) is 0.751. The van der Waals surface area contributed by atoms with Crippen molar-refractivity contribution in [2.24, 2.45) is 5.92 Å². The van der Waals surface area contributed by atoms with Crippen LogP contribution in [0.2, 0.25) is 0 Å². The molecule has 2 aliphatic carbocycles. The van der Waals surface area contributed by atoms with Gasteiger partial charge < -0.3 is 15.4 Å². The van der Waals surface area contributed by atoms with E-state index in [1.807, 2.05) is 39.1 Å². The molecule has 0 aromatic carbocycles. The number of ether oxygens (including phenoxy) is 1.